The number of nitrogens with zero attached hydrogens (tertiary/aromatic N) is 1. The fourth-order valence-corrected chi connectivity index (χ4v) is 10.3. The first-order valence-corrected chi connectivity index (χ1v) is 14.2. The zero-order valence-electron chi connectivity index (χ0n) is 21.4. The third-order valence-electron chi connectivity index (χ3n) is 11.9. The Morgan fingerprint density at radius 2 is 1.84 bits per heavy atom. The summed E-state index contributed by atoms with van der Waals surface area (Å²) in [5.74, 6) is 5.10. The molecule has 4 saturated carbocycles. The van der Waals surface area contributed by atoms with E-state index in [1.807, 2.05) is 7.11 Å². The molecule has 0 bridgehead atoms. The lowest BCUT2D eigenvalue weighted by atomic mass is 9.43. The Balaban J connectivity index is 1.35. The third kappa shape index (κ3) is 3.50. The van der Waals surface area contributed by atoms with Gasteiger partial charge in [-0.2, -0.15) is 0 Å². The molecule has 1 heterocycles. The predicted molar refractivity (Wildman–Crippen MR) is 130 cm³/mol. The lowest BCUT2D eigenvalue weighted by Crippen LogP contribution is -2.56. The molecule has 9 unspecified atom stereocenters. The Bertz CT molecular complexity index is 693. The second-order valence-electron chi connectivity index (χ2n) is 12.9. The zero-order chi connectivity index (χ0) is 22.5. The minimum Gasteiger partial charge on any atom is -0.384 e. The molecule has 3 nitrogen and oxygen atoms in total. The van der Waals surface area contributed by atoms with Gasteiger partial charge in [0, 0.05) is 32.2 Å². The van der Waals surface area contributed by atoms with Gasteiger partial charge in [0.15, 0.2) is 0 Å². The highest BCUT2D eigenvalue weighted by atomic mass is 16.5. The van der Waals surface area contributed by atoms with E-state index < -0.39 is 0 Å². The van der Waals surface area contributed by atoms with E-state index in [0.29, 0.717) is 23.3 Å². The number of carbonyl (C=O) groups is 1. The van der Waals surface area contributed by atoms with Gasteiger partial charge in [0.25, 0.3) is 0 Å². The van der Waals surface area contributed by atoms with Crippen LogP contribution in [-0.2, 0) is 9.53 Å². The molecule has 32 heavy (non-hydrogen) atoms. The van der Waals surface area contributed by atoms with Crippen molar-refractivity contribution in [1.29, 1.82) is 0 Å². The Hall–Kier alpha value is -0.570. The highest BCUT2D eigenvalue weighted by Crippen LogP contribution is 2.68. The Morgan fingerprint density at radius 3 is 2.59 bits per heavy atom. The van der Waals surface area contributed by atoms with Gasteiger partial charge < -0.3 is 9.64 Å². The molecule has 5 rings (SSSR count). The van der Waals surface area contributed by atoms with E-state index >= 15 is 0 Å². The molecule has 1 amide bonds. The third-order valence-corrected chi connectivity index (χ3v) is 11.9. The first kappa shape index (κ1) is 23.2. The van der Waals surface area contributed by atoms with Crippen LogP contribution >= 0.6 is 0 Å². The van der Waals surface area contributed by atoms with Crippen LogP contribution in [0.25, 0.3) is 0 Å². The molecular weight excluding hydrogens is 394 g/mol. The predicted octanol–water partition coefficient (Wildman–Crippen LogP) is 6.70. The standard InChI is InChI=1S/C29H49NO2/c1-5-29-16-13-21(19-32-4)18-22(29)9-10-23-24-11-12-26(28(24,3)15-14-25(23)29)27(31)30-17-7-6-8-20(30)2/h20-26H,5-19H2,1-4H3. The van der Waals surface area contributed by atoms with E-state index in [0.717, 1.165) is 49.2 Å². The van der Waals surface area contributed by atoms with Gasteiger partial charge in [-0.3, -0.25) is 4.79 Å². The van der Waals surface area contributed by atoms with Gasteiger partial charge in [-0.05, 0) is 131 Å². The van der Waals surface area contributed by atoms with Gasteiger partial charge >= 0.3 is 0 Å². The van der Waals surface area contributed by atoms with Crippen LogP contribution in [-0.4, -0.2) is 37.1 Å². The van der Waals surface area contributed by atoms with Crippen molar-refractivity contribution in [2.24, 2.45) is 46.3 Å². The zero-order valence-corrected chi connectivity index (χ0v) is 21.4. The van der Waals surface area contributed by atoms with Gasteiger partial charge in [0.2, 0.25) is 5.91 Å². The maximum absolute atomic E-state index is 13.8. The summed E-state index contributed by atoms with van der Waals surface area (Å²) in [6.07, 6.45) is 17.3. The summed E-state index contributed by atoms with van der Waals surface area (Å²) in [6.45, 7) is 9.29. The molecule has 0 radical (unpaired) electrons. The molecule has 0 aromatic carbocycles. The molecule has 3 heteroatoms. The molecular formula is C29H49NO2. The van der Waals surface area contributed by atoms with Gasteiger partial charge in [-0.15, -0.1) is 0 Å². The van der Waals surface area contributed by atoms with Gasteiger partial charge in [-0.1, -0.05) is 13.8 Å². The summed E-state index contributed by atoms with van der Waals surface area (Å²) >= 11 is 0. The second-order valence-corrected chi connectivity index (χ2v) is 12.9. The fourth-order valence-electron chi connectivity index (χ4n) is 10.3. The molecule has 1 aliphatic heterocycles. The number of carbonyl (C=O) groups excluding carboxylic acids is 1. The van der Waals surface area contributed by atoms with Crippen molar-refractivity contribution in [2.75, 3.05) is 20.3 Å². The van der Waals surface area contributed by atoms with E-state index in [1.165, 1.54) is 77.0 Å². The van der Waals surface area contributed by atoms with Crippen LogP contribution in [0.2, 0.25) is 0 Å². The van der Waals surface area contributed by atoms with Crippen LogP contribution in [0.15, 0.2) is 0 Å². The topological polar surface area (TPSA) is 29.5 Å². The van der Waals surface area contributed by atoms with Crippen molar-refractivity contribution in [3.05, 3.63) is 0 Å². The molecule has 182 valence electrons. The maximum Gasteiger partial charge on any atom is 0.226 e. The summed E-state index contributed by atoms with van der Waals surface area (Å²) < 4.78 is 5.56. The number of hydrogen-bond acceptors (Lipinski definition) is 2. The molecule has 5 fully saturated rings. The van der Waals surface area contributed by atoms with Crippen molar-refractivity contribution >= 4 is 5.91 Å². The number of fused-ring (bicyclic) bond motifs is 5. The number of hydrogen-bond donors (Lipinski definition) is 0. The Morgan fingerprint density at radius 1 is 1.00 bits per heavy atom. The average Bonchev–Trinajstić information content (AvgIpc) is 3.16. The fraction of sp³-hybridized carbons (Fsp3) is 0.966. The van der Waals surface area contributed by atoms with Crippen molar-refractivity contribution in [3.8, 4) is 0 Å². The monoisotopic (exact) mass is 443 g/mol. The summed E-state index contributed by atoms with van der Waals surface area (Å²) in [5.41, 5.74) is 0.836. The number of amides is 1. The summed E-state index contributed by atoms with van der Waals surface area (Å²) in [5, 5.41) is 0. The van der Waals surface area contributed by atoms with E-state index in [4.69, 9.17) is 4.74 Å². The first-order valence-electron chi connectivity index (χ1n) is 14.2. The lowest BCUT2D eigenvalue weighted by molar-refractivity contribution is -0.153. The minimum atomic E-state index is 0.254. The van der Waals surface area contributed by atoms with Crippen molar-refractivity contribution in [1.82, 2.24) is 4.90 Å². The van der Waals surface area contributed by atoms with Crippen LogP contribution in [0.1, 0.15) is 104 Å². The molecule has 0 aromatic rings. The number of ether oxygens (including phenoxy) is 1. The molecule has 9 atom stereocenters. The molecule has 4 aliphatic carbocycles. The quantitative estimate of drug-likeness (QED) is 0.484. The highest BCUT2D eigenvalue weighted by molar-refractivity contribution is 5.80. The number of piperidine rings is 1. The van der Waals surface area contributed by atoms with Gasteiger partial charge in [-0.25, -0.2) is 0 Å². The molecule has 1 saturated heterocycles. The van der Waals surface area contributed by atoms with E-state index in [2.05, 4.69) is 25.7 Å². The van der Waals surface area contributed by atoms with Crippen LogP contribution in [0.4, 0.5) is 0 Å². The van der Waals surface area contributed by atoms with Crippen LogP contribution in [0, 0.1) is 46.3 Å². The number of rotatable bonds is 4. The molecule has 5 aliphatic rings. The summed E-state index contributed by atoms with van der Waals surface area (Å²) in [7, 11) is 1.88. The highest BCUT2D eigenvalue weighted by Gasteiger charge is 2.62. The van der Waals surface area contributed by atoms with Crippen LogP contribution in [0.5, 0.6) is 0 Å². The SMILES string of the molecule is CCC12CCC(COC)CC1CCC1C3CCC(C(=O)N4CCCCC4C)C3(C)CCC12. The Kier molecular flexibility index (Phi) is 6.45. The normalized spacial score (nSPS) is 48.6. The van der Waals surface area contributed by atoms with Gasteiger partial charge in [0.1, 0.15) is 0 Å². The van der Waals surface area contributed by atoms with Crippen LogP contribution < -0.4 is 0 Å². The number of likely N-dealkylation sites (tertiary alicyclic amines) is 1. The first-order chi connectivity index (χ1) is 15.4. The van der Waals surface area contributed by atoms with E-state index in [1.54, 1.807) is 0 Å². The second kappa shape index (κ2) is 8.90. The van der Waals surface area contributed by atoms with Crippen molar-refractivity contribution < 1.29 is 9.53 Å². The van der Waals surface area contributed by atoms with E-state index in [-0.39, 0.29) is 5.41 Å². The largest absolute Gasteiger partial charge is 0.384 e. The Labute approximate surface area is 197 Å². The summed E-state index contributed by atoms with van der Waals surface area (Å²) in [4.78, 5) is 16.1. The molecule has 0 N–H and O–H groups in total. The number of methoxy groups -OCH3 is 1. The van der Waals surface area contributed by atoms with Crippen molar-refractivity contribution in [2.45, 2.75) is 110 Å². The average molecular weight is 444 g/mol. The maximum atomic E-state index is 13.8. The molecule has 0 spiro atoms. The summed E-state index contributed by atoms with van der Waals surface area (Å²) in [6, 6.07) is 0.455. The van der Waals surface area contributed by atoms with Crippen LogP contribution in [0.3, 0.4) is 0 Å². The van der Waals surface area contributed by atoms with Gasteiger partial charge in [0.05, 0.1) is 0 Å². The molecule has 0 aromatic heterocycles. The van der Waals surface area contributed by atoms with Crippen molar-refractivity contribution in [3.63, 3.8) is 0 Å². The lowest BCUT2D eigenvalue weighted by Gasteiger charge is -2.62. The smallest absolute Gasteiger partial charge is 0.226 e. The minimum absolute atomic E-state index is 0.254. The van der Waals surface area contributed by atoms with E-state index in [9.17, 15) is 4.79 Å².